The van der Waals surface area contributed by atoms with E-state index in [1.165, 1.54) is 12.1 Å². The summed E-state index contributed by atoms with van der Waals surface area (Å²) in [4.78, 5) is 29.9. The average Bonchev–Trinajstić information content (AvgIpc) is 2.61. The molecule has 8 heteroatoms. The first-order valence-electron chi connectivity index (χ1n) is 7.34. The van der Waals surface area contributed by atoms with Crippen LogP contribution in [0.5, 0.6) is 0 Å². The van der Waals surface area contributed by atoms with Crippen LogP contribution >= 0.6 is 0 Å². The number of para-hydroxylation sites is 1. The molecule has 0 radical (unpaired) electrons. The lowest BCUT2D eigenvalue weighted by molar-refractivity contribution is -0.384. The van der Waals surface area contributed by atoms with E-state index in [-0.39, 0.29) is 16.9 Å². The van der Waals surface area contributed by atoms with Gasteiger partial charge in [0.2, 0.25) is 5.82 Å². The van der Waals surface area contributed by atoms with Gasteiger partial charge in [-0.1, -0.05) is 12.1 Å². The first-order valence-corrected chi connectivity index (χ1v) is 7.34. The summed E-state index contributed by atoms with van der Waals surface area (Å²) in [5.41, 5.74) is 6.83. The van der Waals surface area contributed by atoms with E-state index in [4.69, 9.17) is 10.2 Å². The number of nitrogens with two attached hydrogens (primary N) is 1. The number of H-pyrrole nitrogens is 1. The second-order valence-corrected chi connectivity index (χ2v) is 5.41. The van der Waals surface area contributed by atoms with Gasteiger partial charge in [-0.3, -0.25) is 10.1 Å². The summed E-state index contributed by atoms with van der Waals surface area (Å²) in [7, 11) is 0. The Balaban J connectivity index is 2.02. The van der Waals surface area contributed by atoms with Crippen LogP contribution in [0.4, 0.5) is 11.5 Å². The zero-order chi connectivity index (χ0) is 17.6. The Hall–Kier alpha value is -3.81. The number of aromatic nitrogens is 2. The van der Waals surface area contributed by atoms with Gasteiger partial charge in [-0.15, -0.1) is 4.98 Å². The van der Waals surface area contributed by atoms with E-state index in [2.05, 4.69) is 9.97 Å². The van der Waals surface area contributed by atoms with Crippen molar-refractivity contribution in [2.45, 2.75) is 0 Å². The predicted octanol–water partition coefficient (Wildman–Crippen LogP) is 2.31. The average molecular weight is 335 g/mol. The molecule has 0 spiro atoms. The monoisotopic (exact) mass is 335 g/mol. The molecular weight excluding hydrogens is 324 g/mol. The minimum absolute atomic E-state index is 0.0244. The largest absolute Gasteiger partial charge is 0.422 e. The molecule has 4 rings (SSSR count). The highest BCUT2D eigenvalue weighted by molar-refractivity contribution is 6.04. The Morgan fingerprint density at radius 3 is 2.56 bits per heavy atom. The number of nitrogens with one attached hydrogen (secondary N) is 1. The number of benzene rings is 2. The summed E-state index contributed by atoms with van der Waals surface area (Å²) in [6, 6.07) is 12.9. The summed E-state index contributed by atoms with van der Waals surface area (Å²) in [5, 5.41) is 11.6. The maximum absolute atomic E-state index is 12.2. The van der Waals surface area contributed by atoms with Crippen molar-refractivity contribution < 1.29 is 14.3 Å². The van der Waals surface area contributed by atoms with Crippen LogP contribution in [0.3, 0.4) is 0 Å². The molecule has 8 nitrogen and oxygen atoms in total. The normalized spacial score (nSPS) is 11.0. The number of hydrogen-bond donors (Lipinski definition) is 1. The quantitative estimate of drug-likeness (QED) is 0.259. The third-order valence-corrected chi connectivity index (χ3v) is 3.88. The summed E-state index contributed by atoms with van der Waals surface area (Å²) in [6.07, 6.45) is 0. The smallest absolute Gasteiger partial charge is 0.354 e. The Labute approximate surface area is 139 Å². The van der Waals surface area contributed by atoms with Gasteiger partial charge in [0.05, 0.1) is 15.9 Å². The van der Waals surface area contributed by atoms with Gasteiger partial charge in [0.25, 0.3) is 11.5 Å². The molecule has 122 valence electrons. The van der Waals surface area contributed by atoms with Gasteiger partial charge in [0, 0.05) is 12.1 Å². The molecule has 0 fully saturated rings. The number of anilines is 1. The molecule has 0 aliphatic heterocycles. The molecule has 0 aliphatic carbocycles. The fraction of sp³-hybridized carbons (Fsp3) is 0. The second-order valence-electron chi connectivity index (χ2n) is 5.41. The molecule has 3 N–H and O–H groups in total. The van der Waals surface area contributed by atoms with Crippen LogP contribution in [-0.4, -0.2) is 9.91 Å². The number of nitro groups is 1. The van der Waals surface area contributed by atoms with Crippen LogP contribution in [0.2, 0.25) is 0 Å². The topological polar surface area (TPSA) is 126 Å². The summed E-state index contributed by atoms with van der Waals surface area (Å²) in [5.74, 6) is 0.522. The fourth-order valence-electron chi connectivity index (χ4n) is 2.69. The van der Waals surface area contributed by atoms with Gasteiger partial charge in [-0.25, -0.2) is 9.78 Å². The van der Waals surface area contributed by atoms with Crippen LogP contribution in [0.25, 0.3) is 33.3 Å². The fourth-order valence-corrected chi connectivity index (χ4v) is 2.69. The van der Waals surface area contributed by atoms with Crippen LogP contribution in [0.15, 0.2) is 57.7 Å². The molecular formula is C17H11N4O4+. The van der Waals surface area contributed by atoms with Crippen molar-refractivity contribution in [3.63, 3.8) is 0 Å². The Kier molecular flexibility index (Phi) is 3.17. The van der Waals surface area contributed by atoms with Crippen molar-refractivity contribution in [1.29, 1.82) is 0 Å². The first-order chi connectivity index (χ1) is 12.0. The van der Waals surface area contributed by atoms with E-state index < -0.39 is 10.5 Å². The molecule has 2 heterocycles. The van der Waals surface area contributed by atoms with Crippen LogP contribution in [0.1, 0.15) is 0 Å². The number of nitrogens with zero attached hydrogens (tertiary/aromatic N) is 2. The minimum Gasteiger partial charge on any atom is -0.422 e. The van der Waals surface area contributed by atoms with Crippen LogP contribution < -0.4 is 16.3 Å². The highest BCUT2D eigenvalue weighted by Gasteiger charge is 2.20. The lowest BCUT2D eigenvalue weighted by Crippen LogP contribution is -2.19. The zero-order valence-electron chi connectivity index (χ0n) is 12.7. The van der Waals surface area contributed by atoms with Gasteiger partial charge < -0.3 is 10.2 Å². The first kappa shape index (κ1) is 14.8. The van der Waals surface area contributed by atoms with E-state index in [1.54, 1.807) is 30.3 Å². The van der Waals surface area contributed by atoms with Crippen LogP contribution in [-0.2, 0) is 0 Å². The molecule has 0 saturated carbocycles. The number of nitrogen functional groups attached to an aromatic ring is 1. The molecule has 0 atom stereocenters. The van der Waals surface area contributed by atoms with Gasteiger partial charge in [0.15, 0.2) is 10.9 Å². The van der Waals surface area contributed by atoms with Crippen molar-refractivity contribution in [3.8, 4) is 11.4 Å². The number of hydrogen-bond acceptors (Lipinski definition) is 6. The lowest BCUT2D eigenvalue weighted by Gasteiger charge is -2.02. The third-order valence-electron chi connectivity index (χ3n) is 3.88. The second kappa shape index (κ2) is 5.38. The number of aromatic amines is 1. The van der Waals surface area contributed by atoms with Gasteiger partial charge in [0.1, 0.15) is 5.58 Å². The standard InChI is InChI=1S/C17H10N4O4/c18-15-13-14(11-3-1-2-4-12(11)25-17(13)22)19-16(20-15)9-5-7-10(8-6-9)21(23)24/h1-8H,(H2,18,19,20)/p+1. The van der Waals surface area contributed by atoms with Crippen molar-refractivity contribution in [2.24, 2.45) is 0 Å². The molecule has 2 aromatic heterocycles. The predicted molar refractivity (Wildman–Crippen MR) is 90.8 cm³/mol. The molecule has 2 aromatic carbocycles. The Morgan fingerprint density at radius 2 is 1.84 bits per heavy atom. The summed E-state index contributed by atoms with van der Waals surface area (Å²) in [6.45, 7) is 0. The number of non-ortho nitro benzene ring substituents is 1. The highest BCUT2D eigenvalue weighted by Crippen LogP contribution is 2.25. The molecule has 0 amide bonds. The van der Waals surface area contributed by atoms with Crippen molar-refractivity contribution >= 4 is 33.4 Å². The van der Waals surface area contributed by atoms with Gasteiger partial charge >= 0.3 is 5.63 Å². The number of rotatable bonds is 2. The summed E-state index contributed by atoms with van der Waals surface area (Å²) >= 11 is 0. The van der Waals surface area contributed by atoms with Crippen molar-refractivity contribution in [2.75, 3.05) is 5.73 Å². The molecule has 25 heavy (non-hydrogen) atoms. The van der Waals surface area contributed by atoms with E-state index in [1.807, 2.05) is 6.07 Å². The molecule has 4 aromatic rings. The zero-order valence-corrected chi connectivity index (χ0v) is 12.7. The number of fused-ring (bicyclic) bond motifs is 3. The van der Waals surface area contributed by atoms with Gasteiger partial charge in [-0.2, -0.15) is 0 Å². The van der Waals surface area contributed by atoms with E-state index in [0.717, 1.165) is 0 Å². The Morgan fingerprint density at radius 1 is 1.12 bits per heavy atom. The minimum atomic E-state index is -0.579. The highest BCUT2D eigenvalue weighted by atomic mass is 16.6. The van der Waals surface area contributed by atoms with E-state index >= 15 is 0 Å². The van der Waals surface area contributed by atoms with Crippen molar-refractivity contribution in [3.05, 3.63) is 69.1 Å². The number of nitro benzene ring substituents is 1. The maximum atomic E-state index is 12.2. The molecule has 0 unspecified atom stereocenters. The maximum Gasteiger partial charge on any atom is 0.354 e. The SMILES string of the molecule is Nc1[nH+]c(-c2ccc([N+](=O)[O-])cc2)nc2c1c(=O)oc1ccccc12. The lowest BCUT2D eigenvalue weighted by atomic mass is 10.1. The molecule has 0 bridgehead atoms. The Bertz CT molecular complexity index is 1200. The molecule has 0 aliphatic rings. The van der Waals surface area contributed by atoms with Crippen molar-refractivity contribution in [1.82, 2.24) is 4.98 Å². The molecule has 0 saturated heterocycles. The van der Waals surface area contributed by atoms with Crippen LogP contribution in [0, 0.1) is 10.1 Å². The van der Waals surface area contributed by atoms with E-state index in [0.29, 0.717) is 27.9 Å². The third kappa shape index (κ3) is 2.36. The summed E-state index contributed by atoms with van der Waals surface area (Å²) < 4.78 is 5.27. The van der Waals surface area contributed by atoms with E-state index in [9.17, 15) is 14.9 Å². The van der Waals surface area contributed by atoms with Gasteiger partial charge in [-0.05, 0) is 24.3 Å².